The third kappa shape index (κ3) is 5.25. The summed E-state index contributed by atoms with van der Waals surface area (Å²) in [6, 6.07) is 1.66. The van der Waals surface area contributed by atoms with E-state index in [1.54, 1.807) is 24.0 Å². The maximum atomic E-state index is 8.59. The quantitative estimate of drug-likeness (QED) is 0.754. The zero-order valence-electron chi connectivity index (χ0n) is 8.75. The van der Waals surface area contributed by atoms with Gasteiger partial charge in [-0.05, 0) is 18.2 Å². The van der Waals surface area contributed by atoms with Crippen LogP contribution in [0.25, 0.3) is 0 Å². The lowest BCUT2D eigenvalue weighted by molar-refractivity contribution is 0.296. The molecule has 2 N–H and O–H groups in total. The maximum Gasteiger partial charge on any atom is 0.144 e. The van der Waals surface area contributed by atoms with Gasteiger partial charge >= 0.3 is 0 Å². The normalized spacial score (nSPS) is 10.4. The molecule has 0 bridgehead atoms. The fourth-order valence-corrected chi connectivity index (χ4v) is 2.29. The Labute approximate surface area is 110 Å². The fourth-order valence-electron chi connectivity index (χ4n) is 1.05. The van der Waals surface area contributed by atoms with Crippen LogP contribution in [0.4, 0.5) is 5.82 Å². The van der Waals surface area contributed by atoms with E-state index in [-0.39, 0.29) is 6.61 Å². The molecule has 1 rings (SSSR count). The Hall–Kier alpha value is -0.160. The highest BCUT2D eigenvalue weighted by molar-refractivity contribution is 7.99. The lowest BCUT2D eigenvalue weighted by Gasteiger charge is -2.06. The fraction of sp³-hybridized carbons (Fsp3) is 0.500. The number of aromatic nitrogens is 1. The van der Waals surface area contributed by atoms with E-state index < -0.39 is 0 Å². The van der Waals surface area contributed by atoms with Gasteiger partial charge < -0.3 is 10.4 Å². The highest BCUT2D eigenvalue weighted by atomic mass is 35.5. The van der Waals surface area contributed by atoms with Crippen molar-refractivity contribution in [3.63, 3.8) is 0 Å². The van der Waals surface area contributed by atoms with Gasteiger partial charge in [0.05, 0.1) is 10.0 Å². The van der Waals surface area contributed by atoms with E-state index in [0.29, 0.717) is 15.9 Å². The van der Waals surface area contributed by atoms with Crippen LogP contribution in [0.5, 0.6) is 0 Å². The molecule has 0 radical (unpaired) electrons. The molecule has 0 aliphatic heterocycles. The largest absolute Gasteiger partial charge is 0.396 e. The second-order valence-electron chi connectivity index (χ2n) is 3.10. The first kappa shape index (κ1) is 13.9. The summed E-state index contributed by atoms with van der Waals surface area (Å²) in [7, 11) is 0. The molecule has 0 amide bonds. The summed E-state index contributed by atoms with van der Waals surface area (Å²) in [5, 5.41) is 12.8. The molecular formula is C10H14Cl2N2OS. The Morgan fingerprint density at radius 1 is 1.38 bits per heavy atom. The van der Waals surface area contributed by atoms with Gasteiger partial charge in [-0.2, -0.15) is 11.8 Å². The number of hydrogen-bond donors (Lipinski definition) is 2. The van der Waals surface area contributed by atoms with E-state index >= 15 is 0 Å². The molecule has 0 aliphatic rings. The van der Waals surface area contributed by atoms with Gasteiger partial charge in [0.25, 0.3) is 0 Å². The number of anilines is 1. The van der Waals surface area contributed by atoms with Crippen LogP contribution in [-0.2, 0) is 0 Å². The monoisotopic (exact) mass is 280 g/mol. The van der Waals surface area contributed by atoms with Crippen molar-refractivity contribution in [3.8, 4) is 0 Å². The Bertz CT molecular complexity index is 326. The number of halogens is 2. The number of aliphatic hydroxyl groups is 1. The van der Waals surface area contributed by atoms with Crippen molar-refractivity contribution in [2.24, 2.45) is 0 Å². The third-order valence-electron chi connectivity index (χ3n) is 1.79. The third-order valence-corrected chi connectivity index (χ3v) is 3.36. The Kier molecular flexibility index (Phi) is 6.96. The lowest BCUT2D eigenvalue weighted by Crippen LogP contribution is -2.06. The Morgan fingerprint density at radius 2 is 2.19 bits per heavy atom. The second-order valence-corrected chi connectivity index (χ2v) is 5.17. The molecule has 0 unspecified atom stereocenters. The summed E-state index contributed by atoms with van der Waals surface area (Å²) >= 11 is 13.5. The van der Waals surface area contributed by atoms with Gasteiger partial charge in [-0.25, -0.2) is 4.98 Å². The van der Waals surface area contributed by atoms with Crippen LogP contribution >= 0.6 is 35.0 Å². The summed E-state index contributed by atoms with van der Waals surface area (Å²) in [4.78, 5) is 4.09. The van der Waals surface area contributed by atoms with Gasteiger partial charge in [0, 0.05) is 25.1 Å². The van der Waals surface area contributed by atoms with Crippen molar-refractivity contribution < 1.29 is 5.11 Å². The van der Waals surface area contributed by atoms with E-state index in [4.69, 9.17) is 28.3 Å². The molecule has 0 spiro atoms. The highest BCUT2D eigenvalue weighted by Crippen LogP contribution is 2.22. The molecule has 1 aromatic rings. The van der Waals surface area contributed by atoms with Gasteiger partial charge in [0.1, 0.15) is 5.82 Å². The maximum absolute atomic E-state index is 8.59. The Balaban J connectivity index is 2.21. The number of hydrogen-bond acceptors (Lipinski definition) is 4. The number of nitrogens with one attached hydrogen (secondary N) is 1. The van der Waals surface area contributed by atoms with Crippen molar-refractivity contribution in [1.29, 1.82) is 0 Å². The number of nitrogens with zero attached hydrogens (tertiary/aromatic N) is 1. The molecule has 1 aromatic heterocycles. The summed E-state index contributed by atoms with van der Waals surface area (Å²) < 4.78 is 0. The van der Waals surface area contributed by atoms with Crippen LogP contribution < -0.4 is 5.32 Å². The second kappa shape index (κ2) is 8.01. The van der Waals surface area contributed by atoms with Crippen molar-refractivity contribution in [1.82, 2.24) is 4.98 Å². The van der Waals surface area contributed by atoms with Crippen LogP contribution in [0.15, 0.2) is 12.3 Å². The van der Waals surface area contributed by atoms with Gasteiger partial charge in [0.15, 0.2) is 0 Å². The average Bonchev–Trinajstić information content (AvgIpc) is 2.26. The van der Waals surface area contributed by atoms with E-state index in [1.807, 2.05) is 0 Å². The van der Waals surface area contributed by atoms with Crippen molar-refractivity contribution in [2.45, 2.75) is 6.42 Å². The predicted octanol–water partition coefficient (Wildman–Crippen LogP) is 2.92. The zero-order chi connectivity index (χ0) is 11.8. The number of rotatable bonds is 7. The van der Waals surface area contributed by atoms with Gasteiger partial charge in [0.2, 0.25) is 0 Å². The lowest BCUT2D eigenvalue weighted by atomic mass is 10.4. The molecule has 6 heteroatoms. The molecule has 16 heavy (non-hydrogen) atoms. The topological polar surface area (TPSA) is 45.1 Å². The molecule has 90 valence electrons. The summed E-state index contributed by atoms with van der Waals surface area (Å²) in [5.74, 6) is 2.59. The first-order valence-corrected chi connectivity index (χ1v) is 6.88. The molecule has 1 heterocycles. The van der Waals surface area contributed by atoms with Crippen LogP contribution in [0.3, 0.4) is 0 Å². The van der Waals surface area contributed by atoms with Crippen molar-refractivity contribution in [3.05, 3.63) is 22.3 Å². The highest BCUT2D eigenvalue weighted by Gasteiger charge is 2.01. The molecule has 0 aliphatic carbocycles. The van der Waals surface area contributed by atoms with E-state index in [2.05, 4.69) is 10.3 Å². The van der Waals surface area contributed by atoms with Gasteiger partial charge in [-0.15, -0.1) is 0 Å². The average molecular weight is 281 g/mol. The first-order chi connectivity index (χ1) is 7.74. The summed E-state index contributed by atoms with van der Waals surface area (Å²) in [5.41, 5.74) is 0. The first-order valence-electron chi connectivity index (χ1n) is 4.97. The molecule has 3 nitrogen and oxygen atoms in total. The van der Waals surface area contributed by atoms with Gasteiger partial charge in [-0.3, -0.25) is 0 Å². The van der Waals surface area contributed by atoms with Crippen LogP contribution in [-0.4, -0.2) is 34.7 Å². The van der Waals surface area contributed by atoms with Crippen LogP contribution in [0.1, 0.15) is 6.42 Å². The molecule has 0 saturated heterocycles. The molecular weight excluding hydrogens is 267 g/mol. The molecule has 0 saturated carbocycles. The number of aliphatic hydroxyl groups excluding tert-OH is 1. The van der Waals surface area contributed by atoms with Crippen LogP contribution in [0, 0.1) is 0 Å². The van der Waals surface area contributed by atoms with E-state index in [0.717, 1.165) is 24.5 Å². The van der Waals surface area contributed by atoms with Crippen molar-refractivity contribution in [2.75, 3.05) is 30.0 Å². The minimum Gasteiger partial charge on any atom is -0.396 e. The minimum atomic E-state index is 0.255. The van der Waals surface area contributed by atoms with Gasteiger partial charge in [-0.1, -0.05) is 23.2 Å². The number of thioether (sulfide) groups is 1. The molecule has 0 atom stereocenters. The number of pyridine rings is 1. The zero-order valence-corrected chi connectivity index (χ0v) is 11.1. The Morgan fingerprint density at radius 3 is 2.88 bits per heavy atom. The predicted molar refractivity (Wildman–Crippen MR) is 71.8 cm³/mol. The minimum absolute atomic E-state index is 0.255. The smallest absolute Gasteiger partial charge is 0.144 e. The van der Waals surface area contributed by atoms with E-state index in [9.17, 15) is 0 Å². The SMILES string of the molecule is OCCCSCCNc1ncc(Cl)cc1Cl. The molecule has 0 fully saturated rings. The summed E-state index contributed by atoms with van der Waals surface area (Å²) in [6.07, 6.45) is 2.40. The van der Waals surface area contributed by atoms with E-state index in [1.165, 1.54) is 0 Å². The van der Waals surface area contributed by atoms with Crippen molar-refractivity contribution >= 4 is 40.8 Å². The molecule has 0 aromatic carbocycles. The van der Waals surface area contributed by atoms with Crippen LogP contribution in [0.2, 0.25) is 10.0 Å². The standard InChI is InChI=1S/C10H14Cl2N2OS/c11-8-6-9(12)10(14-7-8)13-2-5-16-4-1-3-15/h6-7,15H,1-5H2,(H,13,14). The summed E-state index contributed by atoms with van der Waals surface area (Å²) in [6.45, 7) is 1.05.